The van der Waals surface area contributed by atoms with Crippen molar-refractivity contribution in [1.29, 1.82) is 5.26 Å². The van der Waals surface area contributed by atoms with Gasteiger partial charge in [-0.3, -0.25) is 0 Å². The Bertz CT molecular complexity index is 1300. The van der Waals surface area contributed by atoms with Crippen molar-refractivity contribution in [3.63, 3.8) is 0 Å². The van der Waals surface area contributed by atoms with Crippen molar-refractivity contribution in [3.8, 4) is 40.5 Å². The highest BCUT2D eigenvalue weighted by Crippen LogP contribution is 2.33. The summed E-state index contributed by atoms with van der Waals surface area (Å²) in [6, 6.07) is 17.2. The lowest BCUT2D eigenvalue weighted by molar-refractivity contribution is 0.355. The van der Waals surface area contributed by atoms with Crippen LogP contribution in [0.5, 0.6) is 11.5 Å². The third kappa shape index (κ3) is 3.63. The summed E-state index contributed by atoms with van der Waals surface area (Å²) in [6.45, 7) is 0. The van der Waals surface area contributed by atoms with E-state index in [4.69, 9.17) is 14.7 Å². The zero-order valence-corrected chi connectivity index (χ0v) is 16.0. The van der Waals surface area contributed by atoms with E-state index in [0.717, 1.165) is 33.3 Å². The summed E-state index contributed by atoms with van der Waals surface area (Å²) < 4.78 is 10.7. The Morgan fingerprint density at radius 3 is 2.52 bits per heavy atom. The summed E-state index contributed by atoms with van der Waals surface area (Å²) in [6.07, 6.45) is 3.66. The van der Waals surface area contributed by atoms with Crippen LogP contribution in [-0.2, 0) is 0 Å². The molecule has 0 aliphatic rings. The zero-order valence-electron chi connectivity index (χ0n) is 16.0. The van der Waals surface area contributed by atoms with E-state index in [0.29, 0.717) is 17.1 Å². The molecule has 0 aliphatic carbocycles. The summed E-state index contributed by atoms with van der Waals surface area (Å²) in [7, 11) is 3.23. The quantitative estimate of drug-likeness (QED) is 0.531. The molecule has 0 radical (unpaired) electrons. The van der Waals surface area contributed by atoms with Gasteiger partial charge in [-0.05, 0) is 42.0 Å². The molecule has 4 rings (SSSR count). The Morgan fingerprint density at radius 2 is 1.72 bits per heavy atom. The van der Waals surface area contributed by atoms with Gasteiger partial charge in [-0.15, -0.1) is 0 Å². The van der Waals surface area contributed by atoms with Crippen molar-refractivity contribution in [1.82, 2.24) is 9.97 Å². The molecule has 0 unspecified atom stereocenters. The van der Waals surface area contributed by atoms with Crippen LogP contribution >= 0.6 is 0 Å². The molecule has 5 nitrogen and oxygen atoms in total. The molecular formula is C24H17N3O2. The number of nitrogens with one attached hydrogen (secondary N) is 1. The summed E-state index contributed by atoms with van der Waals surface area (Å²) in [5.74, 6) is 7.64. The number of pyridine rings is 1. The van der Waals surface area contributed by atoms with Crippen LogP contribution in [-0.4, -0.2) is 24.2 Å². The van der Waals surface area contributed by atoms with Gasteiger partial charge in [0.2, 0.25) is 0 Å². The minimum Gasteiger partial charge on any atom is -0.493 e. The number of methoxy groups -OCH3 is 2. The number of hydrogen-bond acceptors (Lipinski definition) is 4. The van der Waals surface area contributed by atoms with E-state index < -0.39 is 0 Å². The largest absolute Gasteiger partial charge is 0.493 e. The van der Waals surface area contributed by atoms with Crippen LogP contribution in [0.15, 0.2) is 60.9 Å². The maximum atomic E-state index is 9.04. The Kier molecular flexibility index (Phi) is 4.88. The Labute approximate surface area is 168 Å². The molecule has 0 bridgehead atoms. The maximum Gasteiger partial charge on any atom is 0.161 e. The molecule has 1 N–H and O–H groups in total. The van der Waals surface area contributed by atoms with E-state index in [2.05, 4.69) is 33.9 Å². The fraction of sp³-hybridized carbons (Fsp3) is 0.0833. The molecule has 2 aromatic heterocycles. The average Bonchev–Trinajstić information content (AvgIpc) is 3.19. The van der Waals surface area contributed by atoms with E-state index in [1.165, 1.54) is 0 Å². The minimum absolute atomic E-state index is 0.591. The van der Waals surface area contributed by atoms with Crippen LogP contribution in [0.2, 0.25) is 0 Å². The molecule has 2 heterocycles. The first-order valence-electron chi connectivity index (χ1n) is 8.93. The van der Waals surface area contributed by atoms with Crippen LogP contribution in [0.1, 0.15) is 16.7 Å². The molecule has 0 fully saturated rings. The summed E-state index contributed by atoms with van der Waals surface area (Å²) in [4.78, 5) is 7.68. The van der Waals surface area contributed by atoms with E-state index in [-0.39, 0.29) is 0 Å². The van der Waals surface area contributed by atoms with Crippen LogP contribution in [0.25, 0.3) is 22.2 Å². The number of H-pyrrole nitrogens is 1. The van der Waals surface area contributed by atoms with E-state index in [1.54, 1.807) is 26.4 Å². The second kappa shape index (κ2) is 7.80. The van der Waals surface area contributed by atoms with Gasteiger partial charge in [-0.1, -0.05) is 24.0 Å². The van der Waals surface area contributed by atoms with Crippen LogP contribution in [0, 0.1) is 23.2 Å². The molecule has 29 heavy (non-hydrogen) atoms. The van der Waals surface area contributed by atoms with Crippen molar-refractivity contribution in [2.24, 2.45) is 0 Å². The van der Waals surface area contributed by atoms with Crippen molar-refractivity contribution < 1.29 is 9.47 Å². The van der Waals surface area contributed by atoms with Gasteiger partial charge in [0.25, 0.3) is 0 Å². The molecule has 0 spiro atoms. The third-order valence-corrected chi connectivity index (χ3v) is 4.58. The lowest BCUT2D eigenvalue weighted by Crippen LogP contribution is -1.91. The molecule has 2 aromatic carbocycles. The standard InChI is InChI=1S/C24H17N3O2/c1-28-22-9-8-18(12-23(22)29-2)20-11-21-19(14-26-24(21)27-15-20)7-6-16-4-3-5-17(10-16)13-25/h3-5,8-12,14-15H,1-2H3,(H,26,27). The van der Waals surface area contributed by atoms with Crippen molar-refractivity contribution >= 4 is 11.0 Å². The Morgan fingerprint density at radius 1 is 0.897 bits per heavy atom. The van der Waals surface area contributed by atoms with Crippen molar-refractivity contribution in [3.05, 3.63) is 77.6 Å². The van der Waals surface area contributed by atoms with Gasteiger partial charge >= 0.3 is 0 Å². The number of ether oxygens (including phenoxy) is 2. The topological polar surface area (TPSA) is 70.9 Å². The smallest absolute Gasteiger partial charge is 0.161 e. The molecule has 4 aromatic rings. The summed E-state index contributed by atoms with van der Waals surface area (Å²) in [5.41, 5.74) is 4.92. The lowest BCUT2D eigenvalue weighted by Gasteiger charge is -2.09. The van der Waals surface area contributed by atoms with Gasteiger partial charge in [-0.2, -0.15) is 5.26 Å². The van der Waals surface area contributed by atoms with E-state index in [9.17, 15) is 0 Å². The third-order valence-electron chi connectivity index (χ3n) is 4.58. The molecule has 0 atom stereocenters. The number of hydrogen-bond donors (Lipinski definition) is 1. The van der Waals surface area contributed by atoms with E-state index in [1.807, 2.05) is 42.7 Å². The molecule has 0 aliphatic heterocycles. The van der Waals surface area contributed by atoms with Gasteiger partial charge in [0.1, 0.15) is 5.65 Å². The highest BCUT2D eigenvalue weighted by atomic mass is 16.5. The molecule has 140 valence electrons. The number of aromatic nitrogens is 2. The molecule has 0 amide bonds. The number of benzene rings is 2. The highest BCUT2D eigenvalue weighted by Gasteiger charge is 2.09. The van der Waals surface area contributed by atoms with E-state index >= 15 is 0 Å². The maximum absolute atomic E-state index is 9.04. The first-order chi connectivity index (χ1) is 14.2. The predicted molar refractivity (Wildman–Crippen MR) is 112 cm³/mol. The normalized spacial score (nSPS) is 10.1. The Balaban J connectivity index is 1.74. The first-order valence-corrected chi connectivity index (χ1v) is 8.93. The second-order valence-corrected chi connectivity index (χ2v) is 6.33. The second-order valence-electron chi connectivity index (χ2n) is 6.33. The number of fused-ring (bicyclic) bond motifs is 1. The van der Waals surface area contributed by atoms with Crippen molar-refractivity contribution in [2.75, 3.05) is 14.2 Å². The number of aromatic amines is 1. The molecular weight excluding hydrogens is 362 g/mol. The first kappa shape index (κ1) is 18.2. The van der Waals surface area contributed by atoms with Gasteiger partial charge in [0.05, 0.1) is 31.4 Å². The molecule has 0 saturated heterocycles. The van der Waals surface area contributed by atoms with Gasteiger partial charge in [-0.25, -0.2) is 4.98 Å². The monoisotopic (exact) mass is 379 g/mol. The summed E-state index contributed by atoms with van der Waals surface area (Å²) >= 11 is 0. The number of nitriles is 1. The SMILES string of the molecule is COc1ccc(-c2cnc3[nH]cc(C#Cc4cccc(C#N)c4)c3c2)cc1OC. The fourth-order valence-corrected chi connectivity index (χ4v) is 3.09. The Hall–Kier alpha value is -4.22. The number of rotatable bonds is 3. The minimum atomic E-state index is 0.591. The average molecular weight is 379 g/mol. The van der Waals surface area contributed by atoms with Gasteiger partial charge in [0.15, 0.2) is 11.5 Å². The van der Waals surface area contributed by atoms with Crippen molar-refractivity contribution in [2.45, 2.75) is 0 Å². The fourth-order valence-electron chi connectivity index (χ4n) is 3.09. The highest BCUT2D eigenvalue weighted by molar-refractivity contribution is 5.87. The molecule has 5 heteroatoms. The lowest BCUT2D eigenvalue weighted by atomic mass is 10.0. The number of nitrogens with zero attached hydrogens (tertiary/aromatic N) is 2. The summed E-state index contributed by atoms with van der Waals surface area (Å²) in [5, 5.41) is 9.97. The molecule has 0 saturated carbocycles. The zero-order chi connectivity index (χ0) is 20.2. The van der Waals surface area contributed by atoms with Gasteiger partial charge < -0.3 is 14.5 Å². The van der Waals surface area contributed by atoms with Crippen LogP contribution in [0.4, 0.5) is 0 Å². The van der Waals surface area contributed by atoms with Gasteiger partial charge in [0, 0.05) is 28.9 Å². The predicted octanol–water partition coefficient (Wildman–Crippen LogP) is 4.52. The van der Waals surface area contributed by atoms with Crippen LogP contribution in [0.3, 0.4) is 0 Å². The van der Waals surface area contributed by atoms with Crippen LogP contribution < -0.4 is 9.47 Å².